The van der Waals surface area contributed by atoms with Crippen LogP contribution in [0.2, 0.25) is 0 Å². The lowest BCUT2D eigenvalue weighted by atomic mass is 9.92. The van der Waals surface area contributed by atoms with E-state index in [1.165, 1.54) is 11.1 Å². The molecule has 0 aliphatic carbocycles. The Morgan fingerprint density at radius 3 is 1.96 bits per heavy atom. The zero-order valence-corrected chi connectivity index (χ0v) is 16.4. The Bertz CT molecular complexity index is 601. The van der Waals surface area contributed by atoms with Crippen molar-refractivity contribution in [3.05, 3.63) is 71.8 Å². The second-order valence-corrected chi connectivity index (χ2v) is 8.02. The first-order valence-electron chi connectivity index (χ1n) is 9.40. The van der Waals surface area contributed by atoms with E-state index in [0.717, 1.165) is 19.4 Å². The van der Waals surface area contributed by atoms with E-state index in [1.807, 2.05) is 0 Å². The summed E-state index contributed by atoms with van der Waals surface area (Å²) in [4.78, 5) is 6.34. The number of hydroxylamine groups is 2. The Morgan fingerprint density at radius 2 is 1.44 bits per heavy atom. The van der Waals surface area contributed by atoms with Crippen LogP contribution in [0.3, 0.4) is 0 Å². The van der Waals surface area contributed by atoms with Crippen molar-refractivity contribution in [2.45, 2.75) is 59.0 Å². The van der Waals surface area contributed by atoms with Gasteiger partial charge in [-0.2, -0.15) is 5.06 Å². The standard InChI is InChI=1S/C23H33NO/c1-19(2)22(21-16-10-7-11-17-21)24(23(3,4)5)25-18-12-15-20-13-8-6-9-14-20/h6-11,13-14,16-17,19,22H,12,15,18H2,1-5H3. The Kier molecular flexibility index (Phi) is 7.22. The molecular formula is C23H33NO. The first-order valence-corrected chi connectivity index (χ1v) is 9.40. The van der Waals surface area contributed by atoms with Crippen molar-refractivity contribution in [1.29, 1.82) is 0 Å². The molecule has 2 nitrogen and oxygen atoms in total. The van der Waals surface area contributed by atoms with E-state index < -0.39 is 0 Å². The molecule has 0 aliphatic heterocycles. The van der Waals surface area contributed by atoms with Gasteiger partial charge in [-0.05, 0) is 50.7 Å². The number of hydrogen-bond acceptors (Lipinski definition) is 2. The summed E-state index contributed by atoms with van der Waals surface area (Å²) >= 11 is 0. The van der Waals surface area contributed by atoms with Gasteiger partial charge in [-0.25, -0.2) is 0 Å². The van der Waals surface area contributed by atoms with Crippen LogP contribution in [0, 0.1) is 5.92 Å². The van der Waals surface area contributed by atoms with Gasteiger partial charge in [0.2, 0.25) is 0 Å². The molecule has 0 radical (unpaired) electrons. The van der Waals surface area contributed by atoms with Crippen LogP contribution in [0.5, 0.6) is 0 Å². The SMILES string of the molecule is CC(C)C(c1ccccc1)N(OCCCc1ccccc1)C(C)(C)C. The topological polar surface area (TPSA) is 12.5 Å². The molecule has 2 aromatic rings. The second kappa shape index (κ2) is 9.17. The molecule has 0 saturated carbocycles. The van der Waals surface area contributed by atoms with Gasteiger partial charge in [0.25, 0.3) is 0 Å². The summed E-state index contributed by atoms with van der Waals surface area (Å²) in [7, 11) is 0. The highest BCUT2D eigenvalue weighted by Gasteiger charge is 2.33. The van der Waals surface area contributed by atoms with Gasteiger partial charge >= 0.3 is 0 Å². The quantitative estimate of drug-likeness (QED) is 0.429. The maximum absolute atomic E-state index is 6.34. The monoisotopic (exact) mass is 339 g/mol. The van der Waals surface area contributed by atoms with Crippen LogP contribution in [-0.4, -0.2) is 17.2 Å². The predicted molar refractivity (Wildman–Crippen MR) is 106 cm³/mol. The maximum atomic E-state index is 6.34. The van der Waals surface area contributed by atoms with Crippen LogP contribution in [0.15, 0.2) is 60.7 Å². The molecule has 0 heterocycles. The van der Waals surface area contributed by atoms with E-state index in [0.29, 0.717) is 5.92 Å². The molecule has 0 bridgehead atoms. The highest BCUT2D eigenvalue weighted by Crippen LogP contribution is 2.34. The van der Waals surface area contributed by atoms with E-state index in [2.05, 4.69) is 100 Å². The molecule has 0 N–H and O–H groups in total. The molecule has 0 amide bonds. The molecular weight excluding hydrogens is 306 g/mol. The van der Waals surface area contributed by atoms with Gasteiger partial charge in [0.1, 0.15) is 0 Å². The van der Waals surface area contributed by atoms with Gasteiger partial charge in [-0.1, -0.05) is 74.5 Å². The number of nitrogens with zero attached hydrogens (tertiary/aromatic N) is 1. The largest absolute Gasteiger partial charge is 0.298 e. The van der Waals surface area contributed by atoms with Crippen molar-refractivity contribution in [2.24, 2.45) is 5.92 Å². The number of aryl methyl sites for hydroxylation is 1. The van der Waals surface area contributed by atoms with Crippen LogP contribution in [-0.2, 0) is 11.3 Å². The van der Waals surface area contributed by atoms with E-state index in [1.54, 1.807) is 0 Å². The van der Waals surface area contributed by atoms with Crippen LogP contribution in [0.1, 0.15) is 58.2 Å². The smallest absolute Gasteiger partial charge is 0.0688 e. The Hall–Kier alpha value is -1.64. The fourth-order valence-electron chi connectivity index (χ4n) is 3.22. The molecule has 0 spiro atoms. The average molecular weight is 340 g/mol. The highest BCUT2D eigenvalue weighted by molar-refractivity contribution is 5.19. The molecule has 2 heteroatoms. The molecule has 0 saturated heterocycles. The minimum absolute atomic E-state index is 0.0580. The third kappa shape index (κ3) is 5.98. The lowest BCUT2D eigenvalue weighted by molar-refractivity contribution is -0.246. The van der Waals surface area contributed by atoms with Crippen molar-refractivity contribution in [3.8, 4) is 0 Å². The van der Waals surface area contributed by atoms with Crippen LogP contribution >= 0.6 is 0 Å². The van der Waals surface area contributed by atoms with Crippen molar-refractivity contribution in [1.82, 2.24) is 5.06 Å². The number of benzene rings is 2. The molecule has 2 aromatic carbocycles. The van der Waals surface area contributed by atoms with E-state index in [9.17, 15) is 0 Å². The van der Waals surface area contributed by atoms with E-state index in [-0.39, 0.29) is 11.6 Å². The third-order valence-corrected chi connectivity index (χ3v) is 4.37. The lowest BCUT2D eigenvalue weighted by Crippen LogP contribution is -2.45. The highest BCUT2D eigenvalue weighted by atomic mass is 16.7. The summed E-state index contributed by atoms with van der Waals surface area (Å²) < 4.78 is 0. The molecule has 0 aliphatic rings. The van der Waals surface area contributed by atoms with Gasteiger partial charge in [-0.3, -0.25) is 4.84 Å². The normalized spacial score (nSPS) is 13.4. The number of hydrogen-bond donors (Lipinski definition) is 0. The van der Waals surface area contributed by atoms with Crippen molar-refractivity contribution in [3.63, 3.8) is 0 Å². The molecule has 0 aromatic heterocycles. The Labute approximate surface area is 153 Å². The summed E-state index contributed by atoms with van der Waals surface area (Å²) in [5, 5.41) is 2.21. The summed E-state index contributed by atoms with van der Waals surface area (Å²) in [6.07, 6.45) is 2.08. The molecule has 1 unspecified atom stereocenters. The van der Waals surface area contributed by atoms with Gasteiger partial charge in [0.05, 0.1) is 12.6 Å². The Balaban J connectivity index is 2.04. The minimum atomic E-state index is -0.0580. The lowest BCUT2D eigenvalue weighted by Gasteiger charge is -2.42. The second-order valence-electron chi connectivity index (χ2n) is 8.02. The molecule has 2 rings (SSSR count). The summed E-state index contributed by atoms with van der Waals surface area (Å²) in [6.45, 7) is 11.9. The minimum Gasteiger partial charge on any atom is -0.298 e. The van der Waals surface area contributed by atoms with Crippen molar-refractivity contribution >= 4 is 0 Å². The third-order valence-electron chi connectivity index (χ3n) is 4.37. The molecule has 25 heavy (non-hydrogen) atoms. The zero-order chi connectivity index (χ0) is 18.3. The molecule has 1 atom stereocenters. The average Bonchev–Trinajstić information content (AvgIpc) is 2.58. The van der Waals surface area contributed by atoms with Gasteiger partial charge in [-0.15, -0.1) is 0 Å². The van der Waals surface area contributed by atoms with Crippen LogP contribution < -0.4 is 0 Å². The molecule has 136 valence electrons. The first kappa shape index (κ1) is 19.7. The fraction of sp³-hybridized carbons (Fsp3) is 0.478. The summed E-state index contributed by atoms with van der Waals surface area (Å²) in [6, 6.07) is 21.6. The zero-order valence-electron chi connectivity index (χ0n) is 16.4. The van der Waals surface area contributed by atoms with Crippen LogP contribution in [0.25, 0.3) is 0 Å². The summed E-state index contributed by atoms with van der Waals surface area (Å²) in [5.74, 6) is 0.468. The van der Waals surface area contributed by atoms with E-state index >= 15 is 0 Å². The van der Waals surface area contributed by atoms with E-state index in [4.69, 9.17) is 4.84 Å². The van der Waals surface area contributed by atoms with Gasteiger partial charge in [0.15, 0.2) is 0 Å². The predicted octanol–water partition coefficient (Wildman–Crippen LogP) is 6.05. The van der Waals surface area contributed by atoms with Crippen LogP contribution in [0.4, 0.5) is 0 Å². The van der Waals surface area contributed by atoms with Crippen molar-refractivity contribution < 1.29 is 4.84 Å². The fourth-order valence-corrected chi connectivity index (χ4v) is 3.22. The van der Waals surface area contributed by atoms with Gasteiger partial charge < -0.3 is 0 Å². The first-order chi connectivity index (χ1) is 11.9. The van der Waals surface area contributed by atoms with Crippen molar-refractivity contribution in [2.75, 3.05) is 6.61 Å². The van der Waals surface area contributed by atoms with Gasteiger partial charge in [0, 0.05) is 5.54 Å². The maximum Gasteiger partial charge on any atom is 0.0688 e. The number of rotatable bonds is 8. The Morgan fingerprint density at radius 1 is 0.880 bits per heavy atom. The molecule has 0 fully saturated rings. The summed E-state index contributed by atoms with van der Waals surface area (Å²) in [5.41, 5.74) is 2.63.